The smallest absolute Gasteiger partial charge is 0.0310 e. The molecule has 2 atom stereocenters. The fraction of sp³-hybridized carbons (Fsp3) is 0.400. The SMILES string of the molecule is C=CCNC(C=C)C(C)C=C. The van der Waals surface area contributed by atoms with Crippen molar-refractivity contribution in [1.29, 1.82) is 0 Å². The van der Waals surface area contributed by atoms with Gasteiger partial charge in [0.15, 0.2) is 0 Å². The summed E-state index contributed by atoms with van der Waals surface area (Å²) in [5.74, 6) is 0.424. The van der Waals surface area contributed by atoms with Crippen LogP contribution < -0.4 is 5.32 Å². The average molecular weight is 151 g/mol. The first kappa shape index (κ1) is 10.2. The van der Waals surface area contributed by atoms with Crippen LogP contribution in [0.2, 0.25) is 0 Å². The largest absolute Gasteiger partial charge is 0.307 e. The molecule has 62 valence electrons. The first-order valence-electron chi connectivity index (χ1n) is 3.85. The minimum atomic E-state index is 0.311. The van der Waals surface area contributed by atoms with Crippen molar-refractivity contribution < 1.29 is 0 Å². The molecular weight excluding hydrogens is 134 g/mol. The molecule has 1 nitrogen and oxygen atoms in total. The average Bonchev–Trinajstić information content (AvgIpc) is 2.05. The lowest BCUT2D eigenvalue weighted by Crippen LogP contribution is -2.32. The topological polar surface area (TPSA) is 12.0 Å². The van der Waals surface area contributed by atoms with E-state index in [4.69, 9.17) is 0 Å². The minimum Gasteiger partial charge on any atom is -0.307 e. The summed E-state index contributed by atoms with van der Waals surface area (Å²) >= 11 is 0. The van der Waals surface area contributed by atoms with Crippen LogP contribution in [0.5, 0.6) is 0 Å². The molecule has 0 aliphatic carbocycles. The van der Waals surface area contributed by atoms with E-state index in [0.29, 0.717) is 12.0 Å². The van der Waals surface area contributed by atoms with Gasteiger partial charge in [-0.2, -0.15) is 0 Å². The lowest BCUT2D eigenvalue weighted by molar-refractivity contribution is 0.526. The van der Waals surface area contributed by atoms with E-state index in [1.807, 2.05) is 18.2 Å². The van der Waals surface area contributed by atoms with Crippen molar-refractivity contribution in [3.05, 3.63) is 38.0 Å². The van der Waals surface area contributed by atoms with E-state index in [9.17, 15) is 0 Å². The molecule has 0 aromatic rings. The van der Waals surface area contributed by atoms with Gasteiger partial charge in [-0.1, -0.05) is 25.2 Å². The summed E-state index contributed by atoms with van der Waals surface area (Å²) in [6.07, 6.45) is 5.66. The van der Waals surface area contributed by atoms with Crippen molar-refractivity contribution in [2.75, 3.05) is 6.54 Å². The molecule has 1 N–H and O–H groups in total. The van der Waals surface area contributed by atoms with Gasteiger partial charge in [0.25, 0.3) is 0 Å². The minimum absolute atomic E-state index is 0.311. The summed E-state index contributed by atoms with van der Waals surface area (Å²) < 4.78 is 0. The number of rotatable bonds is 6. The predicted molar refractivity (Wildman–Crippen MR) is 51.5 cm³/mol. The highest BCUT2D eigenvalue weighted by atomic mass is 14.9. The second-order valence-corrected chi connectivity index (χ2v) is 2.55. The third-order valence-corrected chi connectivity index (χ3v) is 1.69. The quantitative estimate of drug-likeness (QED) is 0.573. The normalized spacial score (nSPS) is 15.0. The van der Waals surface area contributed by atoms with Crippen LogP contribution in [-0.2, 0) is 0 Å². The third kappa shape index (κ3) is 3.79. The maximum absolute atomic E-state index is 3.74. The van der Waals surface area contributed by atoms with Crippen LogP contribution >= 0.6 is 0 Å². The monoisotopic (exact) mass is 151 g/mol. The molecule has 1 heteroatoms. The van der Waals surface area contributed by atoms with Crippen LogP contribution in [0.25, 0.3) is 0 Å². The Balaban J connectivity index is 3.82. The summed E-state index contributed by atoms with van der Waals surface area (Å²) in [5, 5.41) is 3.26. The number of hydrogen-bond donors (Lipinski definition) is 1. The molecule has 0 spiro atoms. The van der Waals surface area contributed by atoms with Crippen molar-refractivity contribution in [2.45, 2.75) is 13.0 Å². The van der Waals surface area contributed by atoms with E-state index in [1.54, 1.807) is 0 Å². The Labute approximate surface area is 69.5 Å². The Bertz CT molecular complexity index is 138. The summed E-state index contributed by atoms with van der Waals surface area (Å²) in [4.78, 5) is 0. The van der Waals surface area contributed by atoms with Crippen LogP contribution in [0, 0.1) is 5.92 Å². The predicted octanol–water partition coefficient (Wildman–Crippen LogP) is 2.14. The van der Waals surface area contributed by atoms with Crippen molar-refractivity contribution in [1.82, 2.24) is 5.32 Å². The molecule has 0 radical (unpaired) electrons. The molecule has 0 amide bonds. The Morgan fingerprint density at radius 2 is 1.91 bits per heavy atom. The van der Waals surface area contributed by atoms with Gasteiger partial charge >= 0.3 is 0 Å². The fourth-order valence-electron chi connectivity index (χ4n) is 0.850. The van der Waals surface area contributed by atoms with Gasteiger partial charge < -0.3 is 5.32 Å². The van der Waals surface area contributed by atoms with Gasteiger partial charge in [0, 0.05) is 12.6 Å². The molecule has 0 aliphatic heterocycles. The first-order chi connectivity index (χ1) is 5.26. The molecule has 2 unspecified atom stereocenters. The van der Waals surface area contributed by atoms with E-state index in [-0.39, 0.29) is 0 Å². The summed E-state index contributed by atoms with van der Waals surface area (Å²) in [6, 6.07) is 0.311. The Kier molecular flexibility index (Phi) is 5.49. The lowest BCUT2D eigenvalue weighted by atomic mass is 10.0. The molecule has 0 aliphatic rings. The van der Waals surface area contributed by atoms with Crippen molar-refractivity contribution in [3.63, 3.8) is 0 Å². The molecule has 11 heavy (non-hydrogen) atoms. The van der Waals surface area contributed by atoms with Crippen LogP contribution in [0.1, 0.15) is 6.92 Å². The van der Waals surface area contributed by atoms with E-state index in [2.05, 4.69) is 32.0 Å². The van der Waals surface area contributed by atoms with Gasteiger partial charge in [-0.3, -0.25) is 0 Å². The molecule has 0 aromatic carbocycles. The number of nitrogens with one attached hydrogen (secondary N) is 1. The third-order valence-electron chi connectivity index (χ3n) is 1.69. The van der Waals surface area contributed by atoms with Gasteiger partial charge in [-0.15, -0.1) is 19.7 Å². The van der Waals surface area contributed by atoms with Crippen molar-refractivity contribution in [2.24, 2.45) is 5.92 Å². The second-order valence-electron chi connectivity index (χ2n) is 2.55. The summed E-state index contributed by atoms with van der Waals surface area (Å²) in [5.41, 5.74) is 0. The number of hydrogen-bond acceptors (Lipinski definition) is 1. The van der Waals surface area contributed by atoms with Gasteiger partial charge in [-0.05, 0) is 5.92 Å². The zero-order valence-corrected chi connectivity index (χ0v) is 7.22. The van der Waals surface area contributed by atoms with E-state index >= 15 is 0 Å². The van der Waals surface area contributed by atoms with E-state index in [1.165, 1.54) is 0 Å². The standard InChI is InChI=1S/C10H17N/c1-5-8-11-10(7-3)9(4)6-2/h5-7,9-11H,1-3,8H2,4H3. The van der Waals surface area contributed by atoms with Gasteiger partial charge in [0.2, 0.25) is 0 Å². The highest BCUT2D eigenvalue weighted by molar-refractivity contribution is 4.97. The molecule has 0 rings (SSSR count). The Morgan fingerprint density at radius 1 is 1.27 bits per heavy atom. The van der Waals surface area contributed by atoms with Gasteiger partial charge in [0.05, 0.1) is 0 Å². The maximum Gasteiger partial charge on any atom is 0.0310 e. The van der Waals surface area contributed by atoms with Crippen LogP contribution in [0.4, 0.5) is 0 Å². The zero-order chi connectivity index (χ0) is 8.69. The van der Waals surface area contributed by atoms with Crippen molar-refractivity contribution >= 4 is 0 Å². The summed E-state index contributed by atoms with van der Waals surface area (Å²) in [7, 11) is 0. The zero-order valence-electron chi connectivity index (χ0n) is 7.22. The first-order valence-corrected chi connectivity index (χ1v) is 3.85. The molecule has 0 saturated carbocycles. The lowest BCUT2D eigenvalue weighted by Gasteiger charge is -2.17. The Morgan fingerprint density at radius 3 is 2.27 bits per heavy atom. The van der Waals surface area contributed by atoms with Gasteiger partial charge in [-0.25, -0.2) is 0 Å². The van der Waals surface area contributed by atoms with Crippen LogP contribution in [0.15, 0.2) is 38.0 Å². The van der Waals surface area contributed by atoms with Crippen LogP contribution in [0.3, 0.4) is 0 Å². The highest BCUT2D eigenvalue weighted by Gasteiger charge is 2.07. The van der Waals surface area contributed by atoms with Gasteiger partial charge in [0.1, 0.15) is 0 Å². The van der Waals surface area contributed by atoms with Crippen LogP contribution in [-0.4, -0.2) is 12.6 Å². The van der Waals surface area contributed by atoms with E-state index < -0.39 is 0 Å². The fourth-order valence-corrected chi connectivity index (χ4v) is 0.850. The molecule has 0 aromatic heterocycles. The molecular formula is C10H17N. The molecule has 0 bridgehead atoms. The maximum atomic E-state index is 3.74. The Hall–Kier alpha value is -0.820. The van der Waals surface area contributed by atoms with Crippen molar-refractivity contribution in [3.8, 4) is 0 Å². The van der Waals surface area contributed by atoms with E-state index in [0.717, 1.165) is 6.54 Å². The molecule has 0 saturated heterocycles. The molecule has 0 fully saturated rings. The summed E-state index contributed by atoms with van der Waals surface area (Å²) in [6.45, 7) is 14.0. The molecule has 0 heterocycles. The second kappa shape index (κ2) is 5.93. The highest BCUT2D eigenvalue weighted by Crippen LogP contribution is 2.03.